The molecule has 113 valence electrons. The number of nitrogens with one attached hydrogen (secondary N) is 1. The number of carbonyl (C=O) groups excluding carboxylic acids is 1. The monoisotopic (exact) mass is 294 g/mol. The van der Waals surface area contributed by atoms with Crippen LogP contribution >= 0.6 is 0 Å². The molecule has 0 unspecified atom stereocenters. The van der Waals surface area contributed by atoms with Gasteiger partial charge in [0.2, 0.25) is 0 Å². The molecule has 4 heteroatoms. The summed E-state index contributed by atoms with van der Waals surface area (Å²) in [6.07, 6.45) is 0. The van der Waals surface area contributed by atoms with Gasteiger partial charge in [0, 0.05) is 23.2 Å². The minimum atomic E-state index is -0.320. The van der Waals surface area contributed by atoms with Gasteiger partial charge in [-0.25, -0.2) is 0 Å². The molecule has 22 heavy (non-hydrogen) atoms. The number of nitrogens with zero attached hydrogens (tertiary/aromatic N) is 1. The van der Waals surface area contributed by atoms with Crippen molar-refractivity contribution in [2.75, 3.05) is 16.8 Å². The zero-order valence-electron chi connectivity index (χ0n) is 12.8. The van der Waals surface area contributed by atoms with E-state index in [1.165, 1.54) is 0 Å². The average Bonchev–Trinajstić information content (AvgIpc) is 2.88. The Labute approximate surface area is 130 Å². The van der Waals surface area contributed by atoms with Crippen molar-refractivity contribution in [1.29, 1.82) is 0 Å². The first-order valence-electron chi connectivity index (χ1n) is 7.33. The number of hydrogen-bond donors (Lipinski definition) is 2. The molecule has 4 nitrogen and oxygen atoms in total. The Balaban J connectivity index is 1.91. The van der Waals surface area contributed by atoms with Crippen molar-refractivity contribution >= 4 is 17.2 Å². The van der Waals surface area contributed by atoms with E-state index < -0.39 is 0 Å². The van der Waals surface area contributed by atoms with Crippen LogP contribution in [-0.4, -0.2) is 17.9 Å². The number of anilines is 2. The summed E-state index contributed by atoms with van der Waals surface area (Å²) in [6.45, 7) is 6.54. The second kappa shape index (κ2) is 5.46. The van der Waals surface area contributed by atoms with Crippen LogP contribution in [0.1, 0.15) is 29.8 Å². The van der Waals surface area contributed by atoms with Gasteiger partial charge in [0.15, 0.2) is 5.78 Å². The first-order chi connectivity index (χ1) is 10.4. The molecule has 3 N–H and O–H groups in total. The summed E-state index contributed by atoms with van der Waals surface area (Å²) in [5.41, 5.74) is 9.15. The summed E-state index contributed by atoms with van der Waals surface area (Å²) < 4.78 is 0. The Kier molecular flexibility index (Phi) is 3.62. The number of ketones is 1. The lowest BCUT2D eigenvalue weighted by atomic mass is 10.0. The van der Waals surface area contributed by atoms with Gasteiger partial charge in [0.25, 0.3) is 0 Å². The summed E-state index contributed by atoms with van der Waals surface area (Å²) >= 11 is 0. The molecule has 0 aliphatic carbocycles. The predicted molar refractivity (Wildman–Crippen MR) is 89.9 cm³/mol. The first-order valence-corrected chi connectivity index (χ1v) is 7.33. The molecule has 0 aromatic heterocycles. The van der Waals surface area contributed by atoms with Gasteiger partial charge in [0.1, 0.15) is 6.67 Å². The van der Waals surface area contributed by atoms with E-state index in [9.17, 15) is 4.79 Å². The summed E-state index contributed by atoms with van der Waals surface area (Å²) in [7, 11) is 0. The van der Waals surface area contributed by atoms with Crippen LogP contribution in [-0.2, 0) is 0 Å². The smallest absolute Gasteiger partial charge is 0.193 e. The topological polar surface area (TPSA) is 58.4 Å². The maximum Gasteiger partial charge on any atom is 0.193 e. The van der Waals surface area contributed by atoms with Crippen LogP contribution in [0.3, 0.4) is 0 Å². The fraction of sp³-hybridized carbons (Fsp3) is 0.222. The molecule has 0 spiro atoms. The van der Waals surface area contributed by atoms with Crippen LogP contribution in [0.5, 0.6) is 0 Å². The van der Waals surface area contributed by atoms with Crippen molar-refractivity contribution in [3.8, 4) is 0 Å². The van der Waals surface area contributed by atoms with Crippen molar-refractivity contribution in [3.05, 3.63) is 66.3 Å². The second-order valence-electron chi connectivity index (χ2n) is 6.32. The van der Waals surface area contributed by atoms with E-state index in [2.05, 4.69) is 10.2 Å². The van der Waals surface area contributed by atoms with Crippen LogP contribution in [0.2, 0.25) is 0 Å². The van der Waals surface area contributed by atoms with Crippen LogP contribution in [0, 0.1) is 6.67 Å². The number of carbonyl (C=O) groups is 1. The molecule has 0 fully saturated rings. The van der Waals surface area contributed by atoms with Crippen molar-refractivity contribution in [2.45, 2.75) is 19.4 Å². The van der Waals surface area contributed by atoms with Crippen LogP contribution in [0.15, 0.2) is 48.5 Å². The van der Waals surface area contributed by atoms with Crippen molar-refractivity contribution in [1.82, 2.24) is 0 Å². The molecule has 3 rings (SSSR count). The van der Waals surface area contributed by atoms with E-state index in [1.807, 2.05) is 69.0 Å². The zero-order chi connectivity index (χ0) is 15.7. The standard InChI is InChI=1S/C18H20N3O/c1-18(2,19)11-21-12-20-15-9-8-14(10-16(15)21)17(22)13-6-4-3-5-7-13/h3-10,12,20H,11,19H2,1-2H3. The van der Waals surface area contributed by atoms with Gasteiger partial charge in [-0.2, -0.15) is 0 Å². The van der Waals surface area contributed by atoms with E-state index in [0.717, 1.165) is 11.4 Å². The minimum Gasteiger partial charge on any atom is -0.360 e. The quantitative estimate of drug-likeness (QED) is 0.851. The molecule has 0 amide bonds. The lowest BCUT2D eigenvalue weighted by Crippen LogP contribution is -2.44. The Morgan fingerprint density at radius 3 is 2.55 bits per heavy atom. The van der Waals surface area contributed by atoms with Gasteiger partial charge in [-0.15, -0.1) is 0 Å². The average molecular weight is 294 g/mol. The Hall–Kier alpha value is -2.33. The maximum absolute atomic E-state index is 12.6. The predicted octanol–water partition coefficient (Wildman–Crippen LogP) is 3.01. The maximum atomic E-state index is 12.6. The second-order valence-corrected chi connectivity index (χ2v) is 6.32. The summed E-state index contributed by atoms with van der Waals surface area (Å²) in [5.74, 6) is 0.0299. The summed E-state index contributed by atoms with van der Waals surface area (Å²) in [4.78, 5) is 14.6. The Morgan fingerprint density at radius 1 is 1.14 bits per heavy atom. The van der Waals surface area contributed by atoms with Gasteiger partial charge in [-0.1, -0.05) is 30.3 Å². The molecular weight excluding hydrogens is 274 g/mol. The number of rotatable bonds is 4. The molecule has 1 aliphatic heterocycles. The molecule has 1 heterocycles. The molecule has 1 aliphatic rings. The van der Waals surface area contributed by atoms with E-state index in [0.29, 0.717) is 17.7 Å². The van der Waals surface area contributed by atoms with Crippen molar-refractivity contribution < 1.29 is 4.79 Å². The fourth-order valence-corrected chi connectivity index (χ4v) is 2.58. The molecule has 2 aromatic carbocycles. The zero-order valence-corrected chi connectivity index (χ0v) is 12.8. The SMILES string of the molecule is CC(C)(N)CN1[CH]Nc2ccc(C(=O)c3ccccc3)cc21. The highest BCUT2D eigenvalue weighted by Gasteiger charge is 2.25. The number of benzene rings is 2. The molecule has 1 radical (unpaired) electrons. The van der Waals surface area contributed by atoms with E-state index >= 15 is 0 Å². The lowest BCUT2D eigenvalue weighted by Gasteiger charge is -2.27. The van der Waals surface area contributed by atoms with Gasteiger partial charge < -0.3 is 16.0 Å². The highest BCUT2D eigenvalue weighted by Crippen LogP contribution is 2.35. The molecule has 0 saturated carbocycles. The highest BCUT2D eigenvalue weighted by atomic mass is 16.1. The Bertz CT molecular complexity index is 689. The van der Waals surface area contributed by atoms with Gasteiger partial charge in [0.05, 0.1) is 11.4 Å². The number of hydrogen-bond acceptors (Lipinski definition) is 4. The van der Waals surface area contributed by atoms with Crippen LogP contribution < -0.4 is 16.0 Å². The van der Waals surface area contributed by atoms with E-state index in [1.54, 1.807) is 0 Å². The number of fused-ring (bicyclic) bond motifs is 1. The van der Waals surface area contributed by atoms with Crippen molar-refractivity contribution in [2.24, 2.45) is 5.73 Å². The van der Waals surface area contributed by atoms with Crippen LogP contribution in [0.25, 0.3) is 0 Å². The molecule has 0 saturated heterocycles. The minimum absolute atomic E-state index is 0.0299. The Morgan fingerprint density at radius 2 is 1.86 bits per heavy atom. The van der Waals surface area contributed by atoms with Gasteiger partial charge in [-0.3, -0.25) is 4.79 Å². The third-order valence-corrected chi connectivity index (χ3v) is 3.56. The normalized spacial score (nSPS) is 13.7. The summed E-state index contributed by atoms with van der Waals surface area (Å²) in [5, 5.41) is 3.21. The van der Waals surface area contributed by atoms with Crippen molar-refractivity contribution in [3.63, 3.8) is 0 Å². The number of nitrogens with two attached hydrogens (primary N) is 1. The molecule has 0 atom stereocenters. The third-order valence-electron chi connectivity index (χ3n) is 3.56. The van der Waals surface area contributed by atoms with Gasteiger partial charge in [-0.05, 0) is 32.0 Å². The largest absolute Gasteiger partial charge is 0.360 e. The molecular formula is C18H20N3O. The van der Waals surface area contributed by atoms with Gasteiger partial charge >= 0.3 is 0 Å². The van der Waals surface area contributed by atoms with E-state index in [4.69, 9.17) is 5.73 Å². The molecule has 2 aromatic rings. The third kappa shape index (κ3) is 2.97. The lowest BCUT2D eigenvalue weighted by molar-refractivity contribution is 0.103. The van der Waals surface area contributed by atoms with Crippen LogP contribution in [0.4, 0.5) is 11.4 Å². The highest BCUT2D eigenvalue weighted by molar-refractivity contribution is 6.10. The first kappa shape index (κ1) is 14.6. The summed E-state index contributed by atoms with van der Waals surface area (Å²) in [6, 6.07) is 15.0. The van der Waals surface area contributed by atoms with E-state index in [-0.39, 0.29) is 11.3 Å². The fourth-order valence-electron chi connectivity index (χ4n) is 2.58. The molecule has 0 bridgehead atoms.